The number of hydrogen-bond acceptors (Lipinski definition) is 3. The van der Waals surface area contributed by atoms with Crippen LogP contribution in [0.25, 0.3) is 0 Å². The SMILES string of the molecule is Cc1nn(C)c(OCCCC(C)C)c1N. The Morgan fingerprint density at radius 3 is 2.60 bits per heavy atom. The van der Waals surface area contributed by atoms with Gasteiger partial charge in [0, 0.05) is 7.05 Å². The summed E-state index contributed by atoms with van der Waals surface area (Å²) in [4.78, 5) is 0. The van der Waals surface area contributed by atoms with Gasteiger partial charge in [0.1, 0.15) is 5.69 Å². The van der Waals surface area contributed by atoms with Crippen molar-refractivity contribution in [2.45, 2.75) is 33.6 Å². The van der Waals surface area contributed by atoms with Crippen LogP contribution in [-0.2, 0) is 7.05 Å². The van der Waals surface area contributed by atoms with Gasteiger partial charge >= 0.3 is 0 Å². The Morgan fingerprint density at radius 2 is 2.13 bits per heavy atom. The molecule has 0 bridgehead atoms. The number of anilines is 1. The first-order valence-corrected chi connectivity index (χ1v) is 5.44. The lowest BCUT2D eigenvalue weighted by Crippen LogP contribution is -2.05. The summed E-state index contributed by atoms with van der Waals surface area (Å²) in [6.07, 6.45) is 2.23. The molecular formula is C11H21N3O. The third-order valence-electron chi connectivity index (χ3n) is 2.38. The van der Waals surface area contributed by atoms with E-state index in [-0.39, 0.29) is 0 Å². The van der Waals surface area contributed by atoms with Gasteiger partial charge in [0.25, 0.3) is 0 Å². The van der Waals surface area contributed by atoms with Crippen LogP contribution < -0.4 is 10.5 Å². The molecule has 0 aliphatic heterocycles. The average Bonchev–Trinajstić information content (AvgIpc) is 2.37. The molecule has 0 fully saturated rings. The van der Waals surface area contributed by atoms with Crippen LogP contribution in [0.3, 0.4) is 0 Å². The summed E-state index contributed by atoms with van der Waals surface area (Å²) in [6, 6.07) is 0. The normalized spacial score (nSPS) is 11.0. The lowest BCUT2D eigenvalue weighted by atomic mass is 10.1. The highest BCUT2D eigenvalue weighted by Gasteiger charge is 2.10. The predicted molar refractivity (Wildman–Crippen MR) is 61.9 cm³/mol. The molecule has 1 heterocycles. The van der Waals surface area contributed by atoms with Crippen LogP contribution in [0.1, 0.15) is 32.4 Å². The molecule has 2 N–H and O–H groups in total. The molecule has 0 amide bonds. The van der Waals surface area contributed by atoms with E-state index in [0.29, 0.717) is 18.2 Å². The van der Waals surface area contributed by atoms with Crippen molar-refractivity contribution in [3.8, 4) is 5.88 Å². The molecule has 1 rings (SSSR count). The molecule has 86 valence electrons. The largest absolute Gasteiger partial charge is 0.476 e. The van der Waals surface area contributed by atoms with Crippen molar-refractivity contribution in [2.75, 3.05) is 12.3 Å². The van der Waals surface area contributed by atoms with Gasteiger partial charge in [-0.05, 0) is 25.7 Å². The van der Waals surface area contributed by atoms with Gasteiger partial charge in [-0.15, -0.1) is 0 Å². The first kappa shape index (κ1) is 11.9. The minimum Gasteiger partial charge on any atom is -0.476 e. The van der Waals surface area contributed by atoms with Crippen LogP contribution in [0.15, 0.2) is 0 Å². The van der Waals surface area contributed by atoms with Gasteiger partial charge in [-0.2, -0.15) is 5.10 Å². The number of aryl methyl sites for hydroxylation is 2. The Bertz CT molecular complexity index is 318. The second kappa shape index (κ2) is 5.05. The number of hydrogen-bond donors (Lipinski definition) is 1. The summed E-state index contributed by atoms with van der Waals surface area (Å²) in [5, 5.41) is 4.19. The Morgan fingerprint density at radius 1 is 1.47 bits per heavy atom. The van der Waals surface area contributed by atoms with Crippen molar-refractivity contribution in [1.82, 2.24) is 9.78 Å². The zero-order valence-corrected chi connectivity index (χ0v) is 10.1. The molecule has 4 heteroatoms. The topological polar surface area (TPSA) is 53.1 Å². The van der Waals surface area contributed by atoms with Gasteiger partial charge in [-0.3, -0.25) is 0 Å². The predicted octanol–water partition coefficient (Wildman–Crippen LogP) is 2.13. The zero-order valence-electron chi connectivity index (χ0n) is 10.1. The van der Waals surface area contributed by atoms with E-state index in [1.807, 2.05) is 14.0 Å². The summed E-state index contributed by atoms with van der Waals surface area (Å²) in [7, 11) is 1.85. The highest BCUT2D eigenvalue weighted by atomic mass is 16.5. The van der Waals surface area contributed by atoms with Crippen molar-refractivity contribution in [1.29, 1.82) is 0 Å². The maximum Gasteiger partial charge on any atom is 0.235 e. The molecule has 1 aromatic rings. The third-order valence-corrected chi connectivity index (χ3v) is 2.38. The molecule has 0 saturated carbocycles. The highest BCUT2D eigenvalue weighted by Crippen LogP contribution is 2.23. The standard InChI is InChI=1S/C11H21N3O/c1-8(2)6-5-7-15-11-10(12)9(3)13-14(11)4/h8H,5-7,12H2,1-4H3. The van der Waals surface area contributed by atoms with Crippen LogP contribution in [0, 0.1) is 12.8 Å². The maximum absolute atomic E-state index is 5.84. The Balaban J connectivity index is 2.44. The van der Waals surface area contributed by atoms with Crippen LogP contribution >= 0.6 is 0 Å². The zero-order chi connectivity index (χ0) is 11.4. The van der Waals surface area contributed by atoms with Crippen molar-refractivity contribution in [3.05, 3.63) is 5.69 Å². The van der Waals surface area contributed by atoms with Crippen molar-refractivity contribution in [2.24, 2.45) is 13.0 Å². The molecule has 0 unspecified atom stereocenters. The lowest BCUT2D eigenvalue weighted by molar-refractivity contribution is 0.275. The monoisotopic (exact) mass is 211 g/mol. The minimum atomic E-state index is 0.655. The van der Waals surface area contributed by atoms with Crippen molar-refractivity contribution >= 4 is 5.69 Å². The molecule has 0 aliphatic rings. The van der Waals surface area contributed by atoms with Gasteiger partial charge < -0.3 is 10.5 Å². The maximum atomic E-state index is 5.84. The molecule has 0 atom stereocenters. The van der Waals surface area contributed by atoms with E-state index in [2.05, 4.69) is 18.9 Å². The third kappa shape index (κ3) is 3.15. The fourth-order valence-electron chi connectivity index (χ4n) is 1.48. The van der Waals surface area contributed by atoms with Gasteiger partial charge in [-0.25, -0.2) is 4.68 Å². The van der Waals surface area contributed by atoms with E-state index in [4.69, 9.17) is 10.5 Å². The molecule has 1 aromatic heterocycles. The van der Waals surface area contributed by atoms with E-state index in [1.54, 1.807) is 4.68 Å². The first-order chi connectivity index (χ1) is 7.02. The van der Waals surface area contributed by atoms with Gasteiger partial charge in [0.15, 0.2) is 0 Å². The summed E-state index contributed by atoms with van der Waals surface area (Å²) in [5.74, 6) is 1.41. The lowest BCUT2D eigenvalue weighted by Gasteiger charge is -2.08. The molecule has 0 radical (unpaired) electrons. The van der Waals surface area contributed by atoms with Crippen molar-refractivity contribution < 1.29 is 4.74 Å². The van der Waals surface area contributed by atoms with Crippen LogP contribution in [0.5, 0.6) is 5.88 Å². The van der Waals surface area contributed by atoms with Crippen molar-refractivity contribution in [3.63, 3.8) is 0 Å². The highest BCUT2D eigenvalue weighted by molar-refractivity contribution is 5.52. The molecule has 0 aromatic carbocycles. The Kier molecular flexibility index (Phi) is 4.00. The number of nitrogen functional groups attached to an aromatic ring is 1. The van der Waals surface area contributed by atoms with Crippen LogP contribution in [0.2, 0.25) is 0 Å². The number of nitrogens with zero attached hydrogens (tertiary/aromatic N) is 2. The molecule has 0 aliphatic carbocycles. The smallest absolute Gasteiger partial charge is 0.235 e. The second-order valence-corrected chi connectivity index (χ2v) is 4.31. The average molecular weight is 211 g/mol. The molecular weight excluding hydrogens is 190 g/mol. The van der Waals surface area contributed by atoms with Gasteiger partial charge in [0.05, 0.1) is 12.3 Å². The Labute approximate surface area is 91.4 Å². The number of ether oxygens (including phenoxy) is 1. The second-order valence-electron chi connectivity index (χ2n) is 4.31. The van der Waals surface area contributed by atoms with E-state index in [0.717, 1.165) is 18.0 Å². The van der Waals surface area contributed by atoms with E-state index in [1.165, 1.54) is 6.42 Å². The van der Waals surface area contributed by atoms with E-state index >= 15 is 0 Å². The minimum absolute atomic E-state index is 0.655. The fraction of sp³-hybridized carbons (Fsp3) is 0.727. The summed E-state index contributed by atoms with van der Waals surface area (Å²) in [5.41, 5.74) is 7.32. The number of nitrogens with two attached hydrogens (primary N) is 1. The molecule has 4 nitrogen and oxygen atoms in total. The quantitative estimate of drug-likeness (QED) is 0.759. The van der Waals surface area contributed by atoms with Crippen LogP contribution in [0.4, 0.5) is 5.69 Å². The molecule has 0 saturated heterocycles. The summed E-state index contributed by atoms with van der Waals surface area (Å²) < 4.78 is 7.31. The summed E-state index contributed by atoms with van der Waals surface area (Å²) in [6.45, 7) is 7.02. The van der Waals surface area contributed by atoms with E-state index < -0.39 is 0 Å². The van der Waals surface area contributed by atoms with Gasteiger partial charge in [-0.1, -0.05) is 13.8 Å². The first-order valence-electron chi connectivity index (χ1n) is 5.44. The van der Waals surface area contributed by atoms with Crippen LogP contribution in [-0.4, -0.2) is 16.4 Å². The Hall–Kier alpha value is -1.19. The van der Waals surface area contributed by atoms with Gasteiger partial charge in [0.2, 0.25) is 5.88 Å². The fourth-order valence-corrected chi connectivity index (χ4v) is 1.48. The summed E-state index contributed by atoms with van der Waals surface area (Å²) >= 11 is 0. The molecule has 15 heavy (non-hydrogen) atoms. The van der Waals surface area contributed by atoms with E-state index in [9.17, 15) is 0 Å². The number of aromatic nitrogens is 2. The number of rotatable bonds is 5. The molecule has 0 spiro atoms.